The van der Waals surface area contributed by atoms with Gasteiger partial charge in [-0.2, -0.15) is 0 Å². The van der Waals surface area contributed by atoms with E-state index < -0.39 is 23.3 Å². The van der Waals surface area contributed by atoms with Crippen LogP contribution in [0.4, 0.5) is 0 Å². The maximum absolute atomic E-state index is 11.2. The first-order chi connectivity index (χ1) is 7.44. The molecule has 0 aliphatic heterocycles. The SMILES string of the molecule is CC(C)C(C(=O)[O-])(C(=O)[O-])c1ccccc1.[K+].[Li+]. The van der Waals surface area contributed by atoms with Crippen LogP contribution in [0.25, 0.3) is 0 Å². The zero-order valence-electron chi connectivity index (χ0n) is 11.1. The molecule has 0 aliphatic carbocycles. The Kier molecular flexibility index (Phi) is 9.83. The number of hydrogen-bond donors (Lipinski definition) is 0. The van der Waals surface area contributed by atoms with Crippen molar-refractivity contribution in [2.75, 3.05) is 0 Å². The summed E-state index contributed by atoms with van der Waals surface area (Å²) in [4.78, 5) is 22.3. The van der Waals surface area contributed by atoms with Gasteiger partial charge in [-0.05, 0) is 11.5 Å². The molecule has 0 bridgehead atoms. The Morgan fingerprint density at radius 1 is 1.06 bits per heavy atom. The van der Waals surface area contributed by atoms with E-state index in [0.29, 0.717) is 0 Å². The Labute approximate surface area is 161 Å². The first kappa shape index (κ1) is 20.7. The molecule has 0 N–H and O–H groups in total. The summed E-state index contributed by atoms with van der Waals surface area (Å²) in [5.74, 6) is -3.95. The van der Waals surface area contributed by atoms with Crippen LogP contribution in [0.3, 0.4) is 0 Å². The number of aliphatic carboxylic acids is 2. The van der Waals surface area contributed by atoms with E-state index in [4.69, 9.17) is 0 Å². The van der Waals surface area contributed by atoms with Gasteiger partial charge in [-0.15, -0.1) is 0 Å². The average Bonchev–Trinajstić information content (AvgIpc) is 2.18. The normalized spacial score (nSPS) is 10.2. The van der Waals surface area contributed by atoms with Gasteiger partial charge < -0.3 is 19.8 Å². The van der Waals surface area contributed by atoms with Gasteiger partial charge in [-0.1, -0.05) is 44.2 Å². The molecule has 0 aliphatic rings. The summed E-state index contributed by atoms with van der Waals surface area (Å²) in [7, 11) is 0. The van der Waals surface area contributed by atoms with Crippen molar-refractivity contribution in [3.63, 3.8) is 0 Å². The van der Waals surface area contributed by atoms with Crippen LogP contribution in [0.5, 0.6) is 0 Å². The number of rotatable bonds is 4. The second kappa shape index (κ2) is 8.54. The number of benzene rings is 1. The molecule has 86 valence electrons. The van der Waals surface area contributed by atoms with Crippen LogP contribution in [0, 0.1) is 5.92 Å². The number of carbonyl (C=O) groups is 2. The zero-order chi connectivity index (χ0) is 12.3. The molecule has 0 radical (unpaired) electrons. The minimum absolute atomic E-state index is 0. The van der Waals surface area contributed by atoms with Gasteiger partial charge in [0.05, 0.1) is 17.4 Å². The summed E-state index contributed by atoms with van der Waals surface area (Å²) >= 11 is 0. The summed E-state index contributed by atoms with van der Waals surface area (Å²) in [6.45, 7) is 3.02. The number of hydrogen-bond acceptors (Lipinski definition) is 4. The summed E-state index contributed by atoms with van der Waals surface area (Å²) in [6, 6.07) is 7.74. The maximum Gasteiger partial charge on any atom is 1.00 e. The second-order valence-electron chi connectivity index (χ2n) is 3.90. The van der Waals surface area contributed by atoms with Gasteiger partial charge in [-0.3, -0.25) is 0 Å². The smallest absolute Gasteiger partial charge is 0.549 e. The molecule has 0 atom stereocenters. The van der Waals surface area contributed by atoms with Crippen molar-refractivity contribution in [3.05, 3.63) is 35.9 Å². The number of carbonyl (C=O) groups excluding carboxylic acids is 2. The molecule has 0 aromatic heterocycles. The van der Waals surface area contributed by atoms with Crippen LogP contribution in [-0.4, -0.2) is 11.9 Å². The zero-order valence-corrected chi connectivity index (χ0v) is 14.2. The number of carboxylic acids is 2. The van der Waals surface area contributed by atoms with E-state index in [-0.39, 0.29) is 75.8 Å². The first-order valence-electron chi connectivity index (χ1n) is 4.92. The molecule has 18 heavy (non-hydrogen) atoms. The molecule has 1 aromatic carbocycles. The molecule has 0 fully saturated rings. The topological polar surface area (TPSA) is 80.3 Å². The predicted molar refractivity (Wildman–Crippen MR) is 53.0 cm³/mol. The van der Waals surface area contributed by atoms with E-state index >= 15 is 0 Å². The Bertz CT molecular complexity index is 392. The van der Waals surface area contributed by atoms with Crippen LogP contribution in [0.1, 0.15) is 19.4 Å². The fourth-order valence-corrected chi connectivity index (χ4v) is 1.82. The molecular formula is C12H12KLiO4. The molecule has 0 spiro atoms. The van der Waals surface area contributed by atoms with Gasteiger partial charge in [0.15, 0.2) is 0 Å². The molecule has 0 saturated heterocycles. The van der Waals surface area contributed by atoms with Crippen LogP contribution < -0.4 is 80.5 Å². The van der Waals surface area contributed by atoms with Crippen molar-refractivity contribution in [2.45, 2.75) is 19.3 Å². The Morgan fingerprint density at radius 2 is 1.44 bits per heavy atom. The predicted octanol–water partition coefficient (Wildman–Crippen LogP) is -6.91. The molecule has 0 amide bonds. The number of carboxylic acid groups (broad SMARTS) is 2. The quantitative estimate of drug-likeness (QED) is 0.401. The van der Waals surface area contributed by atoms with Crippen molar-refractivity contribution in [1.29, 1.82) is 0 Å². The standard InChI is InChI=1S/C12H14O4.K.Li/c1-8(2)12(10(13)14,11(15)16)9-6-4-3-5-7-9;;/h3-8H,1-2H3,(H,13,14)(H,15,16);;/q;2*+1/p-2. The van der Waals surface area contributed by atoms with E-state index in [9.17, 15) is 19.8 Å². The fourth-order valence-electron chi connectivity index (χ4n) is 1.82. The third kappa shape index (κ3) is 3.70. The van der Waals surface area contributed by atoms with Crippen molar-refractivity contribution in [2.24, 2.45) is 5.92 Å². The molecule has 1 aromatic rings. The second-order valence-corrected chi connectivity index (χ2v) is 3.90. The summed E-state index contributed by atoms with van der Waals surface area (Å²) < 4.78 is 0. The minimum atomic E-state index is -2.10. The van der Waals surface area contributed by atoms with Gasteiger partial charge in [0.25, 0.3) is 0 Å². The van der Waals surface area contributed by atoms with Crippen molar-refractivity contribution >= 4 is 11.9 Å². The van der Waals surface area contributed by atoms with E-state index in [1.54, 1.807) is 18.2 Å². The van der Waals surface area contributed by atoms with Gasteiger partial charge in [-0.25, -0.2) is 0 Å². The van der Waals surface area contributed by atoms with E-state index in [2.05, 4.69) is 0 Å². The average molecular weight is 266 g/mol. The van der Waals surface area contributed by atoms with Crippen LogP contribution in [-0.2, 0) is 15.0 Å². The van der Waals surface area contributed by atoms with Crippen molar-refractivity contribution in [3.8, 4) is 0 Å². The van der Waals surface area contributed by atoms with Crippen LogP contribution >= 0.6 is 0 Å². The Hall–Kier alpha value is 0.394. The molecular weight excluding hydrogens is 254 g/mol. The van der Waals surface area contributed by atoms with E-state index in [1.165, 1.54) is 26.0 Å². The van der Waals surface area contributed by atoms with Gasteiger partial charge in [0.2, 0.25) is 0 Å². The van der Waals surface area contributed by atoms with Crippen molar-refractivity contribution < 1.29 is 90.0 Å². The molecule has 0 unspecified atom stereocenters. The minimum Gasteiger partial charge on any atom is -0.549 e. The summed E-state index contributed by atoms with van der Waals surface area (Å²) in [6.07, 6.45) is 0. The third-order valence-electron chi connectivity index (χ3n) is 2.74. The third-order valence-corrected chi connectivity index (χ3v) is 2.74. The fraction of sp³-hybridized carbons (Fsp3) is 0.333. The molecule has 1 rings (SSSR count). The summed E-state index contributed by atoms with van der Waals surface area (Å²) in [5.41, 5.74) is -1.92. The van der Waals surface area contributed by atoms with Crippen molar-refractivity contribution in [1.82, 2.24) is 0 Å². The van der Waals surface area contributed by atoms with Crippen LogP contribution in [0.2, 0.25) is 0 Å². The summed E-state index contributed by atoms with van der Waals surface area (Å²) in [5, 5.41) is 22.3. The Balaban J connectivity index is 0. The van der Waals surface area contributed by atoms with Crippen LogP contribution in [0.15, 0.2) is 30.3 Å². The maximum atomic E-state index is 11.2. The van der Waals surface area contributed by atoms with E-state index in [0.717, 1.165) is 0 Å². The largest absolute Gasteiger partial charge is 1.00 e. The molecule has 0 heterocycles. The Morgan fingerprint density at radius 3 is 1.72 bits per heavy atom. The van der Waals surface area contributed by atoms with Gasteiger partial charge in [0.1, 0.15) is 0 Å². The molecule has 4 nitrogen and oxygen atoms in total. The molecule has 0 saturated carbocycles. The van der Waals surface area contributed by atoms with Gasteiger partial charge >= 0.3 is 70.2 Å². The van der Waals surface area contributed by atoms with E-state index in [1.807, 2.05) is 0 Å². The molecule has 6 heteroatoms. The van der Waals surface area contributed by atoms with Gasteiger partial charge in [0, 0.05) is 0 Å². The monoisotopic (exact) mass is 266 g/mol. The first-order valence-corrected chi connectivity index (χ1v) is 4.92.